The lowest BCUT2D eigenvalue weighted by Gasteiger charge is -2.01. The van der Waals surface area contributed by atoms with Gasteiger partial charge in [0, 0.05) is 27.1 Å². The van der Waals surface area contributed by atoms with Crippen LogP contribution in [-0.4, -0.2) is 17.9 Å². The second-order valence-corrected chi connectivity index (χ2v) is 5.87. The molecule has 96 valence electrons. The number of ketones is 1. The van der Waals surface area contributed by atoms with Crippen LogP contribution < -0.4 is 4.74 Å². The van der Waals surface area contributed by atoms with Crippen LogP contribution >= 0.6 is 27.3 Å². The maximum Gasteiger partial charge on any atom is 0.208 e. The average Bonchev–Trinajstić information content (AvgIpc) is 3.03. The summed E-state index contributed by atoms with van der Waals surface area (Å²) in [4.78, 5) is 16.3. The first-order valence-corrected chi connectivity index (χ1v) is 7.31. The zero-order chi connectivity index (χ0) is 13.4. The van der Waals surface area contributed by atoms with Crippen molar-refractivity contribution in [2.24, 2.45) is 0 Å². The Bertz CT molecular complexity index is 760. The molecule has 0 unspecified atom stereocenters. The fourth-order valence-electron chi connectivity index (χ4n) is 2.03. The minimum atomic E-state index is -0.0135. The van der Waals surface area contributed by atoms with Crippen molar-refractivity contribution in [2.45, 2.75) is 0 Å². The third kappa shape index (κ3) is 2.09. The van der Waals surface area contributed by atoms with Crippen LogP contribution in [-0.2, 0) is 0 Å². The molecule has 1 N–H and O–H groups in total. The van der Waals surface area contributed by atoms with Gasteiger partial charge < -0.3 is 9.72 Å². The number of halogens is 1. The molecule has 3 aromatic rings. The predicted octanol–water partition coefficient (Wildman–Crippen LogP) is 4.23. The monoisotopic (exact) mass is 335 g/mol. The Morgan fingerprint density at radius 1 is 1.37 bits per heavy atom. The van der Waals surface area contributed by atoms with Crippen LogP contribution in [0.5, 0.6) is 5.75 Å². The second-order valence-electron chi connectivity index (χ2n) is 4.04. The molecule has 0 spiro atoms. The normalized spacial score (nSPS) is 10.8. The Labute approximate surface area is 122 Å². The number of thiophene rings is 1. The number of carbonyl (C=O) groups is 1. The highest BCUT2D eigenvalue weighted by Crippen LogP contribution is 2.30. The number of hydrogen-bond donors (Lipinski definition) is 1. The van der Waals surface area contributed by atoms with Crippen molar-refractivity contribution < 1.29 is 9.53 Å². The standard InChI is InChI=1S/C14H10BrNO2S/c1-18-12-4-5-19-14(12)13(17)10-7-16-11-6-8(15)2-3-9(10)11/h2-7,16H,1H3. The van der Waals surface area contributed by atoms with E-state index in [9.17, 15) is 4.79 Å². The molecular formula is C14H10BrNO2S. The summed E-state index contributed by atoms with van der Waals surface area (Å²) in [5.41, 5.74) is 1.61. The topological polar surface area (TPSA) is 42.1 Å². The molecule has 3 nitrogen and oxygen atoms in total. The predicted molar refractivity (Wildman–Crippen MR) is 80.3 cm³/mol. The number of aromatic amines is 1. The van der Waals surface area contributed by atoms with Gasteiger partial charge in [0.1, 0.15) is 10.6 Å². The summed E-state index contributed by atoms with van der Waals surface area (Å²) in [7, 11) is 1.57. The van der Waals surface area contributed by atoms with E-state index >= 15 is 0 Å². The Morgan fingerprint density at radius 2 is 2.21 bits per heavy atom. The Hall–Kier alpha value is -1.59. The van der Waals surface area contributed by atoms with Crippen LogP contribution in [0.25, 0.3) is 10.9 Å². The molecule has 0 saturated heterocycles. The maximum absolute atomic E-state index is 12.5. The van der Waals surface area contributed by atoms with Crippen molar-refractivity contribution >= 4 is 44.0 Å². The largest absolute Gasteiger partial charge is 0.495 e. The molecule has 0 atom stereocenters. The number of H-pyrrole nitrogens is 1. The van der Waals surface area contributed by atoms with Crippen LogP contribution in [0.2, 0.25) is 0 Å². The van der Waals surface area contributed by atoms with Crippen molar-refractivity contribution in [1.82, 2.24) is 4.98 Å². The number of ether oxygens (including phenoxy) is 1. The van der Waals surface area contributed by atoms with Gasteiger partial charge in [0.15, 0.2) is 0 Å². The summed E-state index contributed by atoms with van der Waals surface area (Å²) >= 11 is 4.81. The van der Waals surface area contributed by atoms with Gasteiger partial charge >= 0.3 is 0 Å². The molecule has 0 aliphatic rings. The van der Waals surface area contributed by atoms with Gasteiger partial charge in [-0.2, -0.15) is 0 Å². The quantitative estimate of drug-likeness (QED) is 0.727. The van der Waals surface area contributed by atoms with E-state index in [-0.39, 0.29) is 5.78 Å². The van der Waals surface area contributed by atoms with E-state index < -0.39 is 0 Å². The molecule has 2 aromatic heterocycles. The van der Waals surface area contributed by atoms with Gasteiger partial charge in [0.2, 0.25) is 5.78 Å². The summed E-state index contributed by atoms with van der Waals surface area (Å²) in [5.74, 6) is 0.613. The van der Waals surface area contributed by atoms with E-state index in [4.69, 9.17) is 4.74 Å². The number of carbonyl (C=O) groups excluding carboxylic acids is 1. The molecule has 0 aliphatic heterocycles. The molecular weight excluding hydrogens is 326 g/mol. The lowest BCUT2D eigenvalue weighted by atomic mass is 10.1. The number of methoxy groups -OCH3 is 1. The molecule has 0 radical (unpaired) electrons. The van der Waals surface area contributed by atoms with E-state index in [1.165, 1.54) is 11.3 Å². The average molecular weight is 336 g/mol. The fraction of sp³-hybridized carbons (Fsp3) is 0.0714. The highest BCUT2D eigenvalue weighted by Gasteiger charge is 2.19. The van der Waals surface area contributed by atoms with Gasteiger partial charge in [0.25, 0.3) is 0 Å². The second kappa shape index (κ2) is 4.83. The number of hydrogen-bond acceptors (Lipinski definition) is 3. The van der Waals surface area contributed by atoms with Crippen molar-refractivity contribution in [3.8, 4) is 5.75 Å². The Kier molecular flexibility index (Phi) is 3.16. The lowest BCUT2D eigenvalue weighted by molar-refractivity contribution is 0.104. The molecule has 0 bridgehead atoms. The van der Waals surface area contributed by atoms with Crippen LogP contribution in [0.4, 0.5) is 0 Å². The summed E-state index contributed by atoms with van der Waals surface area (Å²) in [5, 5.41) is 2.78. The minimum Gasteiger partial charge on any atom is -0.495 e. The Morgan fingerprint density at radius 3 is 3.00 bits per heavy atom. The van der Waals surface area contributed by atoms with Crippen LogP contribution in [0, 0.1) is 0 Å². The molecule has 0 fully saturated rings. The van der Waals surface area contributed by atoms with Crippen LogP contribution in [0.15, 0.2) is 40.3 Å². The third-order valence-electron chi connectivity index (χ3n) is 2.94. The third-order valence-corrected chi connectivity index (χ3v) is 4.33. The fourth-order valence-corrected chi connectivity index (χ4v) is 3.21. The SMILES string of the molecule is COc1ccsc1C(=O)c1c[nH]c2cc(Br)ccc12. The number of aromatic nitrogens is 1. The van der Waals surface area contributed by atoms with E-state index in [2.05, 4.69) is 20.9 Å². The van der Waals surface area contributed by atoms with Crippen molar-refractivity contribution in [3.05, 3.63) is 50.8 Å². The van der Waals surface area contributed by atoms with Gasteiger partial charge in [-0.1, -0.05) is 22.0 Å². The molecule has 0 saturated carbocycles. The first-order chi connectivity index (χ1) is 9.20. The van der Waals surface area contributed by atoms with Crippen molar-refractivity contribution in [1.29, 1.82) is 0 Å². The smallest absolute Gasteiger partial charge is 0.208 e. The van der Waals surface area contributed by atoms with Gasteiger partial charge in [-0.3, -0.25) is 4.79 Å². The van der Waals surface area contributed by atoms with Crippen molar-refractivity contribution in [3.63, 3.8) is 0 Å². The van der Waals surface area contributed by atoms with Crippen molar-refractivity contribution in [2.75, 3.05) is 7.11 Å². The minimum absolute atomic E-state index is 0.0135. The van der Waals surface area contributed by atoms with Crippen LogP contribution in [0.3, 0.4) is 0 Å². The molecule has 2 heterocycles. The van der Waals surface area contributed by atoms with E-state index in [0.29, 0.717) is 16.2 Å². The van der Waals surface area contributed by atoms with Gasteiger partial charge in [-0.15, -0.1) is 11.3 Å². The maximum atomic E-state index is 12.5. The highest BCUT2D eigenvalue weighted by atomic mass is 79.9. The van der Waals surface area contributed by atoms with Gasteiger partial charge in [-0.05, 0) is 23.6 Å². The first kappa shape index (κ1) is 12.4. The number of rotatable bonds is 3. The first-order valence-electron chi connectivity index (χ1n) is 5.63. The Balaban J connectivity index is 2.12. The molecule has 5 heteroatoms. The van der Waals surface area contributed by atoms with E-state index in [1.807, 2.05) is 29.6 Å². The highest BCUT2D eigenvalue weighted by molar-refractivity contribution is 9.10. The molecule has 0 aliphatic carbocycles. The lowest BCUT2D eigenvalue weighted by Crippen LogP contribution is -1.99. The molecule has 3 rings (SSSR count). The van der Waals surface area contributed by atoms with E-state index in [0.717, 1.165) is 15.4 Å². The van der Waals surface area contributed by atoms with Gasteiger partial charge in [-0.25, -0.2) is 0 Å². The summed E-state index contributed by atoms with van der Waals surface area (Å²) in [6, 6.07) is 7.63. The zero-order valence-corrected chi connectivity index (χ0v) is 12.5. The van der Waals surface area contributed by atoms with Gasteiger partial charge in [0.05, 0.1) is 7.11 Å². The zero-order valence-electron chi connectivity index (χ0n) is 10.1. The molecule has 1 aromatic carbocycles. The number of fused-ring (bicyclic) bond motifs is 1. The summed E-state index contributed by atoms with van der Waals surface area (Å²) < 4.78 is 6.19. The van der Waals surface area contributed by atoms with Crippen LogP contribution in [0.1, 0.15) is 15.2 Å². The van der Waals surface area contributed by atoms with E-state index in [1.54, 1.807) is 13.3 Å². The number of nitrogens with one attached hydrogen (secondary N) is 1. The molecule has 0 amide bonds. The number of benzene rings is 1. The summed E-state index contributed by atoms with van der Waals surface area (Å²) in [6.45, 7) is 0. The molecule has 19 heavy (non-hydrogen) atoms. The summed E-state index contributed by atoms with van der Waals surface area (Å²) in [6.07, 6.45) is 1.75.